The molecule has 21 heavy (non-hydrogen) atoms. The number of aromatic nitrogens is 2. The van der Waals surface area contributed by atoms with Crippen LogP contribution in [0.3, 0.4) is 0 Å². The van der Waals surface area contributed by atoms with E-state index in [0.717, 1.165) is 24.9 Å². The molecule has 0 atom stereocenters. The molecule has 1 aromatic heterocycles. The SMILES string of the molecule is CC(C)(C)NCCCc1nnc(-c2ccc(C#N)cc2)o1. The van der Waals surface area contributed by atoms with E-state index in [1.807, 2.05) is 12.1 Å². The number of hydrogen-bond acceptors (Lipinski definition) is 5. The number of rotatable bonds is 5. The van der Waals surface area contributed by atoms with E-state index >= 15 is 0 Å². The summed E-state index contributed by atoms with van der Waals surface area (Å²) in [6, 6.07) is 9.20. The second kappa shape index (κ2) is 6.51. The lowest BCUT2D eigenvalue weighted by atomic mass is 10.1. The number of benzene rings is 1. The fourth-order valence-corrected chi connectivity index (χ4v) is 1.86. The molecule has 1 aromatic carbocycles. The molecule has 5 nitrogen and oxygen atoms in total. The number of hydrogen-bond donors (Lipinski definition) is 1. The van der Waals surface area contributed by atoms with Crippen LogP contribution in [0.5, 0.6) is 0 Å². The molecule has 1 heterocycles. The van der Waals surface area contributed by atoms with Gasteiger partial charge in [0.25, 0.3) is 0 Å². The predicted molar refractivity (Wildman–Crippen MR) is 80.5 cm³/mol. The Morgan fingerprint density at radius 1 is 1.19 bits per heavy atom. The topological polar surface area (TPSA) is 74.7 Å². The molecule has 0 spiro atoms. The van der Waals surface area contributed by atoms with Crippen molar-refractivity contribution in [1.29, 1.82) is 5.26 Å². The minimum atomic E-state index is 0.127. The lowest BCUT2D eigenvalue weighted by Gasteiger charge is -2.19. The van der Waals surface area contributed by atoms with Crippen LogP contribution in [0.15, 0.2) is 28.7 Å². The van der Waals surface area contributed by atoms with Gasteiger partial charge in [0.05, 0.1) is 11.6 Å². The molecule has 0 bridgehead atoms. The zero-order valence-corrected chi connectivity index (χ0v) is 12.7. The van der Waals surface area contributed by atoms with Gasteiger partial charge in [-0.2, -0.15) is 5.26 Å². The van der Waals surface area contributed by atoms with Crippen LogP contribution in [0.4, 0.5) is 0 Å². The van der Waals surface area contributed by atoms with Gasteiger partial charge in [-0.1, -0.05) is 0 Å². The first-order valence-electron chi connectivity index (χ1n) is 7.06. The van der Waals surface area contributed by atoms with Crippen molar-refractivity contribution in [1.82, 2.24) is 15.5 Å². The van der Waals surface area contributed by atoms with E-state index in [1.54, 1.807) is 12.1 Å². The van der Waals surface area contributed by atoms with Crippen molar-refractivity contribution in [2.24, 2.45) is 0 Å². The molecule has 0 saturated carbocycles. The Balaban J connectivity index is 1.90. The molecular weight excluding hydrogens is 264 g/mol. The highest BCUT2D eigenvalue weighted by Gasteiger charge is 2.10. The summed E-state index contributed by atoms with van der Waals surface area (Å²) >= 11 is 0. The first kappa shape index (κ1) is 15.2. The average Bonchev–Trinajstić information content (AvgIpc) is 2.91. The number of nitriles is 1. The van der Waals surface area contributed by atoms with Gasteiger partial charge in [0.1, 0.15) is 0 Å². The largest absolute Gasteiger partial charge is 0.421 e. The van der Waals surface area contributed by atoms with E-state index in [0.29, 0.717) is 17.3 Å². The van der Waals surface area contributed by atoms with Gasteiger partial charge in [0.2, 0.25) is 11.8 Å². The van der Waals surface area contributed by atoms with Crippen molar-refractivity contribution in [2.45, 2.75) is 39.2 Å². The van der Waals surface area contributed by atoms with E-state index in [-0.39, 0.29) is 5.54 Å². The van der Waals surface area contributed by atoms with E-state index in [2.05, 4.69) is 42.4 Å². The number of nitrogens with one attached hydrogen (secondary N) is 1. The molecule has 2 aromatic rings. The van der Waals surface area contributed by atoms with Crippen LogP contribution in [0.25, 0.3) is 11.5 Å². The van der Waals surface area contributed by atoms with E-state index in [4.69, 9.17) is 9.68 Å². The molecule has 0 aliphatic rings. The summed E-state index contributed by atoms with van der Waals surface area (Å²) in [6.45, 7) is 7.34. The van der Waals surface area contributed by atoms with Crippen molar-refractivity contribution in [3.63, 3.8) is 0 Å². The second-order valence-electron chi connectivity index (χ2n) is 5.97. The van der Waals surface area contributed by atoms with E-state index in [9.17, 15) is 0 Å². The van der Waals surface area contributed by atoms with Crippen LogP contribution >= 0.6 is 0 Å². The Kier molecular flexibility index (Phi) is 4.71. The Morgan fingerprint density at radius 3 is 2.52 bits per heavy atom. The van der Waals surface area contributed by atoms with Crippen molar-refractivity contribution >= 4 is 0 Å². The van der Waals surface area contributed by atoms with Crippen LogP contribution in [0.2, 0.25) is 0 Å². The van der Waals surface area contributed by atoms with Gasteiger partial charge in [-0.3, -0.25) is 0 Å². The highest BCUT2D eigenvalue weighted by atomic mass is 16.4. The molecule has 0 saturated heterocycles. The molecule has 110 valence electrons. The molecule has 0 aliphatic heterocycles. The van der Waals surface area contributed by atoms with Gasteiger partial charge in [-0.15, -0.1) is 10.2 Å². The quantitative estimate of drug-likeness (QED) is 0.854. The van der Waals surface area contributed by atoms with Gasteiger partial charge in [0, 0.05) is 17.5 Å². The Morgan fingerprint density at radius 2 is 1.90 bits per heavy atom. The second-order valence-corrected chi connectivity index (χ2v) is 5.97. The summed E-state index contributed by atoms with van der Waals surface area (Å²) in [7, 11) is 0. The highest BCUT2D eigenvalue weighted by Crippen LogP contribution is 2.18. The maximum absolute atomic E-state index is 8.77. The summed E-state index contributed by atoms with van der Waals surface area (Å²) < 4.78 is 5.64. The maximum atomic E-state index is 8.77. The van der Waals surface area contributed by atoms with E-state index < -0.39 is 0 Å². The summed E-state index contributed by atoms with van der Waals surface area (Å²) in [5.74, 6) is 1.14. The van der Waals surface area contributed by atoms with Crippen LogP contribution in [-0.2, 0) is 6.42 Å². The van der Waals surface area contributed by atoms with Crippen molar-refractivity contribution < 1.29 is 4.42 Å². The average molecular weight is 284 g/mol. The lowest BCUT2D eigenvalue weighted by Crippen LogP contribution is -2.36. The van der Waals surface area contributed by atoms with Gasteiger partial charge in [-0.05, 0) is 58.0 Å². The zero-order valence-electron chi connectivity index (χ0n) is 12.7. The Hall–Kier alpha value is -2.19. The fraction of sp³-hybridized carbons (Fsp3) is 0.438. The Labute approximate surface area is 125 Å². The van der Waals surface area contributed by atoms with Gasteiger partial charge in [0.15, 0.2) is 0 Å². The molecule has 5 heteroatoms. The third kappa shape index (κ3) is 4.69. The standard InChI is InChI=1S/C16H20N4O/c1-16(2,3)18-10-4-5-14-19-20-15(21-14)13-8-6-12(11-17)7-9-13/h6-9,18H,4-5,10H2,1-3H3. The molecule has 0 unspecified atom stereocenters. The van der Waals surface area contributed by atoms with Crippen LogP contribution in [0.1, 0.15) is 38.6 Å². The summed E-state index contributed by atoms with van der Waals surface area (Å²) in [4.78, 5) is 0. The van der Waals surface area contributed by atoms with Crippen LogP contribution < -0.4 is 5.32 Å². The zero-order chi connectivity index (χ0) is 15.3. The molecule has 0 fully saturated rings. The molecule has 0 aliphatic carbocycles. The normalized spacial score (nSPS) is 11.3. The summed E-state index contributed by atoms with van der Waals surface area (Å²) in [5.41, 5.74) is 1.58. The summed E-state index contributed by atoms with van der Waals surface area (Å²) in [5, 5.41) is 20.3. The summed E-state index contributed by atoms with van der Waals surface area (Å²) in [6.07, 6.45) is 1.71. The molecule has 0 radical (unpaired) electrons. The van der Waals surface area contributed by atoms with Gasteiger partial charge >= 0.3 is 0 Å². The molecule has 0 amide bonds. The van der Waals surface area contributed by atoms with Crippen LogP contribution in [-0.4, -0.2) is 22.3 Å². The molecule has 1 N–H and O–H groups in total. The van der Waals surface area contributed by atoms with Crippen molar-refractivity contribution in [3.8, 4) is 17.5 Å². The third-order valence-corrected chi connectivity index (χ3v) is 2.95. The fourth-order valence-electron chi connectivity index (χ4n) is 1.86. The highest BCUT2D eigenvalue weighted by molar-refractivity contribution is 5.54. The van der Waals surface area contributed by atoms with Crippen LogP contribution in [0, 0.1) is 11.3 Å². The first-order valence-corrected chi connectivity index (χ1v) is 7.06. The van der Waals surface area contributed by atoms with Gasteiger partial charge in [-0.25, -0.2) is 0 Å². The van der Waals surface area contributed by atoms with Crippen molar-refractivity contribution in [2.75, 3.05) is 6.54 Å². The van der Waals surface area contributed by atoms with E-state index in [1.165, 1.54) is 0 Å². The first-order chi connectivity index (χ1) is 9.98. The lowest BCUT2D eigenvalue weighted by molar-refractivity contribution is 0.412. The number of aryl methyl sites for hydroxylation is 1. The minimum absolute atomic E-state index is 0.127. The number of nitrogens with zero attached hydrogens (tertiary/aromatic N) is 3. The Bertz CT molecular complexity index is 617. The molecular formula is C16H20N4O. The van der Waals surface area contributed by atoms with Gasteiger partial charge < -0.3 is 9.73 Å². The van der Waals surface area contributed by atoms with Crippen molar-refractivity contribution in [3.05, 3.63) is 35.7 Å². The predicted octanol–water partition coefficient (Wildman–Crippen LogP) is 2.93. The minimum Gasteiger partial charge on any atom is -0.421 e. The monoisotopic (exact) mass is 284 g/mol. The maximum Gasteiger partial charge on any atom is 0.247 e. The molecule has 2 rings (SSSR count). The third-order valence-electron chi connectivity index (χ3n) is 2.95. The smallest absolute Gasteiger partial charge is 0.247 e.